The normalized spacial score (nSPS) is 15.2. The Morgan fingerprint density at radius 3 is 1.94 bits per heavy atom. The van der Waals surface area contributed by atoms with Crippen LogP contribution in [0.15, 0.2) is 78.9 Å². The van der Waals surface area contributed by atoms with Crippen molar-refractivity contribution in [1.82, 2.24) is 0 Å². The van der Waals surface area contributed by atoms with Crippen molar-refractivity contribution >= 4 is 23.1 Å². The molecule has 31 heavy (non-hydrogen) atoms. The molecule has 1 aliphatic heterocycles. The number of hydrogen-bond donors (Lipinski definition) is 0. The van der Waals surface area contributed by atoms with Gasteiger partial charge in [0.1, 0.15) is 0 Å². The van der Waals surface area contributed by atoms with E-state index in [4.69, 9.17) is 0 Å². The fourth-order valence-electron chi connectivity index (χ4n) is 6.22. The van der Waals surface area contributed by atoms with Gasteiger partial charge in [-0.25, -0.2) is 0 Å². The SMILES string of the molecule is Cc1cccc2c1B(c1ccc3c(c1)-c1ccccc1C3(C)C)c1c(C)cccc1C2. The average molecular weight is 398 g/mol. The van der Waals surface area contributed by atoms with Crippen molar-refractivity contribution in [2.75, 3.05) is 0 Å². The summed E-state index contributed by atoms with van der Waals surface area (Å²) in [6.45, 7) is 9.57. The lowest BCUT2D eigenvalue weighted by atomic mass is 9.32. The van der Waals surface area contributed by atoms with Gasteiger partial charge in [-0.2, -0.15) is 0 Å². The van der Waals surface area contributed by atoms with Gasteiger partial charge in [-0.15, -0.1) is 0 Å². The van der Waals surface area contributed by atoms with E-state index in [1.807, 2.05) is 0 Å². The minimum Gasteiger partial charge on any atom is -0.0680 e. The summed E-state index contributed by atoms with van der Waals surface area (Å²) in [5.41, 5.74) is 15.9. The van der Waals surface area contributed by atoms with Crippen molar-refractivity contribution in [3.63, 3.8) is 0 Å². The van der Waals surface area contributed by atoms with E-state index in [9.17, 15) is 0 Å². The smallest absolute Gasteiger partial charge is 0.0680 e. The molecule has 6 rings (SSSR count). The van der Waals surface area contributed by atoms with Crippen LogP contribution in [-0.2, 0) is 11.8 Å². The monoisotopic (exact) mass is 398 g/mol. The second kappa shape index (κ2) is 6.47. The van der Waals surface area contributed by atoms with Crippen molar-refractivity contribution in [3.8, 4) is 11.1 Å². The Bertz CT molecular complexity index is 1310. The van der Waals surface area contributed by atoms with E-state index in [2.05, 4.69) is 107 Å². The second-order valence-corrected chi connectivity index (χ2v) is 9.88. The van der Waals surface area contributed by atoms with Gasteiger partial charge in [-0.3, -0.25) is 0 Å². The van der Waals surface area contributed by atoms with Crippen LogP contribution < -0.4 is 16.4 Å². The van der Waals surface area contributed by atoms with Crippen LogP contribution in [0.25, 0.3) is 11.1 Å². The Balaban J connectivity index is 1.63. The van der Waals surface area contributed by atoms with Crippen LogP contribution >= 0.6 is 0 Å². The van der Waals surface area contributed by atoms with Gasteiger partial charge < -0.3 is 0 Å². The zero-order valence-corrected chi connectivity index (χ0v) is 18.8. The number of aryl methyl sites for hydroxylation is 2. The molecule has 0 unspecified atom stereocenters. The van der Waals surface area contributed by atoms with Gasteiger partial charge in [-0.1, -0.05) is 120 Å². The molecule has 4 aromatic carbocycles. The largest absolute Gasteiger partial charge is 0.242 e. The predicted octanol–water partition coefficient (Wildman–Crippen LogP) is 5.03. The first-order valence-electron chi connectivity index (χ1n) is 11.4. The standard InChI is InChI=1S/C30H27B/c1-19-9-7-11-21-17-22-12-8-10-20(2)29(22)31(28(19)21)23-15-16-27-25(18-23)24-13-5-6-14-26(24)30(27,3)4/h5-16,18H,17H2,1-4H3. The van der Waals surface area contributed by atoms with Crippen molar-refractivity contribution in [1.29, 1.82) is 0 Å². The fraction of sp³-hybridized carbons (Fsp3) is 0.200. The topological polar surface area (TPSA) is 0 Å². The van der Waals surface area contributed by atoms with E-state index in [-0.39, 0.29) is 5.41 Å². The molecule has 0 nitrogen and oxygen atoms in total. The van der Waals surface area contributed by atoms with E-state index in [0.29, 0.717) is 6.71 Å². The third-order valence-electron chi connectivity index (χ3n) is 7.73. The molecule has 0 aromatic heterocycles. The minimum atomic E-state index is 0.0542. The molecule has 0 saturated carbocycles. The lowest BCUT2D eigenvalue weighted by Crippen LogP contribution is -2.58. The third kappa shape index (κ3) is 2.56. The molecule has 1 aliphatic carbocycles. The molecule has 2 aliphatic rings. The number of benzene rings is 4. The quantitative estimate of drug-likeness (QED) is 0.348. The van der Waals surface area contributed by atoms with Gasteiger partial charge in [-0.05, 0) is 53.6 Å². The van der Waals surface area contributed by atoms with Gasteiger partial charge in [0, 0.05) is 5.41 Å². The van der Waals surface area contributed by atoms with Crippen LogP contribution in [0.4, 0.5) is 0 Å². The summed E-state index contributed by atoms with van der Waals surface area (Å²) < 4.78 is 0. The van der Waals surface area contributed by atoms with E-state index in [0.717, 1.165) is 6.42 Å². The Morgan fingerprint density at radius 2 is 1.26 bits per heavy atom. The Labute approximate surface area is 186 Å². The van der Waals surface area contributed by atoms with Gasteiger partial charge >= 0.3 is 0 Å². The summed E-state index contributed by atoms with van der Waals surface area (Å²) in [6, 6.07) is 29.9. The molecule has 0 saturated heterocycles. The zero-order chi connectivity index (χ0) is 21.3. The molecule has 150 valence electrons. The number of fused-ring (bicyclic) bond motifs is 5. The van der Waals surface area contributed by atoms with Gasteiger partial charge in [0.25, 0.3) is 0 Å². The molecular weight excluding hydrogens is 371 g/mol. The highest BCUT2D eigenvalue weighted by Crippen LogP contribution is 2.47. The summed E-state index contributed by atoms with van der Waals surface area (Å²) in [7, 11) is 0. The summed E-state index contributed by atoms with van der Waals surface area (Å²) >= 11 is 0. The Morgan fingerprint density at radius 1 is 0.645 bits per heavy atom. The zero-order valence-electron chi connectivity index (χ0n) is 18.8. The van der Waals surface area contributed by atoms with Crippen molar-refractivity contribution in [2.24, 2.45) is 0 Å². The third-order valence-corrected chi connectivity index (χ3v) is 7.73. The highest BCUT2D eigenvalue weighted by molar-refractivity contribution is 6.97. The van der Waals surface area contributed by atoms with Crippen LogP contribution in [0.1, 0.15) is 47.2 Å². The summed E-state index contributed by atoms with van der Waals surface area (Å²) in [5, 5.41) is 0. The van der Waals surface area contributed by atoms with Gasteiger partial charge in [0.15, 0.2) is 0 Å². The molecule has 0 bridgehead atoms. The van der Waals surface area contributed by atoms with Crippen LogP contribution in [0.3, 0.4) is 0 Å². The Hall–Kier alpha value is -3.06. The first-order valence-corrected chi connectivity index (χ1v) is 11.4. The summed E-state index contributed by atoms with van der Waals surface area (Å²) in [4.78, 5) is 0. The highest BCUT2D eigenvalue weighted by atomic mass is 14.4. The molecule has 4 aromatic rings. The van der Waals surface area contributed by atoms with Crippen molar-refractivity contribution in [2.45, 2.75) is 39.5 Å². The number of rotatable bonds is 1. The van der Waals surface area contributed by atoms with Crippen LogP contribution in [-0.4, -0.2) is 6.71 Å². The first kappa shape index (κ1) is 18.7. The van der Waals surface area contributed by atoms with E-state index in [1.165, 1.54) is 60.9 Å². The predicted molar refractivity (Wildman–Crippen MR) is 134 cm³/mol. The first-order chi connectivity index (χ1) is 15.0. The molecular formula is C30H27B. The average Bonchev–Trinajstić information content (AvgIpc) is 3.00. The van der Waals surface area contributed by atoms with Crippen LogP contribution in [0.2, 0.25) is 0 Å². The highest BCUT2D eigenvalue weighted by Gasteiger charge is 2.37. The summed E-state index contributed by atoms with van der Waals surface area (Å²) in [5.74, 6) is 0. The molecule has 0 atom stereocenters. The van der Waals surface area contributed by atoms with E-state index < -0.39 is 0 Å². The van der Waals surface area contributed by atoms with Gasteiger partial charge in [0.05, 0.1) is 0 Å². The maximum atomic E-state index is 2.49. The molecule has 0 amide bonds. The van der Waals surface area contributed by atoms with Crippen LogP contribution in [0, 0.1) is 13.8 Å². The lowest BCUT2D eigenvalue weighted by molar-refractivity contribution is 0.660. The molecule has 0 N–H and O–H groups in total. The van der Waals surface area contributed by atoms with E-state index in [1.54, 1.807) is 0 Å². The maximum absolute atomic E-state index is 2.49. The maximum Gasteiger partial charge on any atom is 0.242 e. The minimum absolute atomic E-state index is 0.0542. The van der Waals surface area contributed by atoms with Gasteiger partial charge in [0.2, 0.25) is 6.71 Å². The van der Waals surface area contributed by atoms with E-state index >= 15 is 0 Å². The molecule has 0 radical (unpaired) electrons. The summed E-state index contributed by atoms with van der Waals surface area (Å²) in [6.07, 6.45) is 1.03. The molecule has 0 fully saturated rings. The van der Waals surface area contributed by atoms with Crippen LogP contribution in [0.5, 0.6) is 0 Å². The molecule has 1 heteroatoms. The number of hydrogen-bond acceptors (Lipinski definition) is 0. The van der Waals surface area contributed by atoms with Crippen molar-refractivity contribution in [3.05, 3.63) is 112 Å². The second-order valence-electron chi connectivity index (χ2n) is 9.88. The van der Waals surface area contributed by atoms with Crippen molar-refractivity contribution < 1.29 is 0 Å². The molecule has 0 spiro atoms. The fourth-order valence-corrected chi connectivity index (χ4v) is 6.22. The lowest BCUT2D eigenvalue weighted by Gasteiger charge is -2.30. The molecule has 1 heterocycles. The Kier molecular flexibility index (Phi) is 3.90.